The summed E-state index contributed by atoms with van der Waals surface area (Å²) in [4.78, 5) is 3.88. The number of aromatic nitrogens is 1. The number of hydrogen-bond acceptors (Lipinski definition) is 2. The molecule has 94 valence electrons. The maximum Gasteiger partial charge on any atom is 0.135 e. The molecule has 0 saturated carbocycles. The van der Waals surface area contributed by atoms with Crippen molar-refractivity contribution in [1.29, 1.82) is 0 Å². The van der Waals surface area contributed by atoms with Gasteiger partial charge in [-0.1, -0.05) is 6.07 Å². The molecule has 0 amide bonds. The lowest BCUT2D eigenvalue weighted by molar-refractivity contribution is 0.208. The maximum absolute atomic E-state index is 13.9. The molecule has 1 unspecified atom stereocenters. The Labute approximate surface area is 104 Å². The molecular formula is C14H13F2NO. The molecule has 2 rings (SSSR count). The van der Waals surface area contributed by atoms with E-state index in [2.05, 4.69) is 4.98 Å². The van der Waals surface area contributed by atoms with Crippen molar-refractivity contribution >= 4 is 0 Å². The van der Waals surface area contributed by atoms with Crippen LogP contribution >= 0.6 is 0 Å². The van der Waals surface area contributed by atoms with Crippen molar-refractivity contribution in [2.24, 2.45) is 0 Å². The van der Waals surface area contributed by atoms with Gasteiger partial charge in [-0.15, -0.1) is 0 Å². The fourth-order valence-electron chi connectivity index (χ4n) is 1.88. The van der Waals surface area contributed by atoms with Gasteiger partial charge in [0.15, 0.2) is 0 Å². The summed E-state index contributed by atoms with van der Waals surface area (Å²) in [6.45, 7) is 3.27. The van der Waals surface area contributed by atoms with Crippen molar-refractivity contribution in [2.75, 3.05) is 0 Å². The minimum absolute atomic E-state index is 0.303. The van der Waals surface area contributed by atoms with E-state index < -0.39 is 17.7 Å². The van der Waals surface area contributed by atoms with E-state index in [0.29, 0.717) is 16.7 Å². The fourth-order valence-corrected chi connectivity index (χ4v) is 1.88. The molecule has 2 nitrogen and oxygen atoms in total. The molecule has 0 radical (unpaired) electrons. The Morgan fingerprint density at radius 2 is 1.83 bits per heavy atom. The number of aryl methyl sites for hydroxylation is 2. The van der Waals surface area contributed by atoms with E-state index in [4.69, 9.17) is 0 Å². The number of aliphatic hydroxyl groups excluding tert-OH is 1. The van der Waals surface area contributed by atoms with Gasteiger partial charge in [0.05, 0.1) is 5.56 Å². The van der Waals surface area contributed by atoms with Crippen molar-refractivity contribution in [1.82, 2.24) is 4.98 Å². The number of hydrogen-bond donors (Lipinski definition) is 1. The van der Waals surface area contributed by atoms with E-state index in [9.17, 15) is 13.9 Å². The first kappa shape index (κ1) is 12.6. The number of benzene rings is 1. The molecule has 4 heteroatoms. The minimum atomic E-state index is -1.33. The molecule has 1 aromatic carbocycles. The summed E-state index contributed by atoms with van der Waals surface area (Å²) in [5.74, 6) is -1.46. The zero-order chi connectivity index (χ0) is 13.3. The maximum atomic E-state index is 13.9. The molecule has 1 heterocycles. The summed E-state index contributed by atoms with van der Waals surface area (Å²) < 4.78 is 27.6. The topological polar surface area (TPSA) is 33.1 Å². The number of nitrogens with zero attached hydrogens (tertiary/aromatic N) is 1. The minimum Gasteiger partial charge on any atom is -0.383 e. The third-order valence-corrected chi connectivity index (χ3v) is 2.95. The molecule has 2 aromatic rings. The molecule has 18 heavy (non-hydrogen) atoms. The highest BCUT2D eigenvalue weighted by Gasteiger charge is 2.22. The Kier molecular flexibility index (Phi) is 3.39. The Morgan fingerprint density at radius 1 is 1.11 bits per heavy atom. The van der Waals surface area contributed by atoms with Crippen LogP contribution in [0.1, 0.15) is 28.4 Å². The molecule has 0 bridgehead atoms. The highest BCUT2D eigenvalue weighted by molar-refractivity contribution is 5.37. The molecule has 1 aromatic heterocycles. The van der Waals surface area contributed by atoms with Gasteiger partial charge >= 0.3 is 0 Å². The lowest BCUT2D eigenvalue weighted by Gasteiger charge is -2.16. The Balaban J connectivity index is 2.56. The van der Waals surface area contributed by atoms with Gasteiger partial charge in [-0.05, 0) is 42.7 Å². The predicted molar refractivity (Wildman–Crippen MR) is 64.1 cm³/mol. The van der Waals surface area contributed by atoms with Gasteiger partial charge in [-0.25, -0.2) is 8.78 Å². The fraction of sp³-hybridized carbons (Fsp3) is 0.214. The first-order valence-corrected chi connectivity index (χ1v) is 5.55. The lowest BCUT2D eigenvalue weighted by atomic mass is 9.97. The summed E-state index contributed by atoms with van der Waals surface area (Å²) in [5.41, 5.74) is 1.13. The third kappa shape index (κ3) is 2.11. The van der Waals surface area contributed by atoms with Gasteiger partial charge in [0.2, 0.25) is 0 Å². The second-order valence-corrected chi connectivity index (χ2v) is 4.23. The average Bonchev–Trinajstić information content (AvgIpc) is 2.35. The first-order valence-electron chi connectivity index (χ1n) is 5.55. The summed E-state index contributed by atoms with van der Waals surface area (Å²) in [5, 5.41) is 10.2. The van der Waals surface area contributed by atoms with Gasteiger partial charge in [-0.2, -0.15) is 0 Å². The van der Waals surface area contributed by atoms with Crippen molar-refractivity contribution < 1.29 is 13.9 Å². The largest absolute Gasteiger partial charge is 0.383 e. The predicted octanol–water partition coefficient (Wildman–Crippen LogP) is 3.06. The Hall–Kier alpha value is -1.81. The molecule has 1 N–H and O–H groups in total. The quantitative estimate of drug-likeness (QED) is 0.887. The highest BCUT2D eigenvalue weighted by Crippen LogP contribution is 2.29. The smallest absolute Gasteiger partial charge is 0.135 e. The highest BCUT2D eigenvalue weighted by atomic mass is 19.1. The Morgan fingerprint density at radius 3 is 2.50 bits per heavy atom. The van der Waals surface area contributed by atoms with Crippen LogP contribution in [0.25, 0.3) is 0 Å². The van der Waals surface area contributed by atoms with Gasteiger partial charge in [-0.3, -0.25) is 4.98 Å². The molecule has 0 aliphatic rings. The zero-order valence-corrected chi connectivity index (χ0v) is 10.1. The molecule has 0 saturated heterocycles. The van der Waals surface area contributed by atoms with E-state index >= 15 is 0 Å². The number of aliphatic hydroxyl groups is 1. The van der Waals surface area contributed by atoms with E-state index in [1.165, 1.54) is 19.2 Å². The monoisotopic (exact) mass is 249 g/mol. The van der Waals surface area contributed by atoms with E-state index in [0.717, 1.165) is 6.07 Å². The zero-order valence-electron chi connectivity index (χ0n) is 10.1. The molecule has 0 fully saturated rings. The summed E-state index contributed by atoms with van der Waals surface area (Å²) >= 11 is 0. The second kappa shape index (κ2) is 4.82. The summed E-state index contributed by atoms with van der Waals surface area (Å²) in [6.07, 6.45) is 1.70. The van der Waals surface area contributed by atoms with Crippen LogP contribution in [-0.4, -0.2) is 10.1 Å². The number of halogens is 2. The van der Waals surface area contributed by atoms with E-state index in [1.807, 2.05) is 0 Å². The standard InChI is InChI=1S/C14H13F2NO/c1-8-3-4-11(15)12(13(8)16)14(18)10-5-6-17-7-9(10)2/h3-7,14,18H,1-2H3. The van der Waals surface area contributed by atoms with Crippen LogP contribution in [-0.2, 0) is 0 Å². The van der Waals surface area contributed by atoms with Crippen molar-refractivity contribution in [3.05, 3.63) is 64.5 Å². The van der Waals surface area contributed by atoms with Gasteiger partial charge in [0, 0.05) is 12.4 Å². The first-order chi connectivity index (χ1) is 8.52. The van der Waals surface area contributed by atoms with Gasteiger partial charge < -0.3 is 5.11 Å². The molecular weight excluding hydrogens is 236 g/mol. The van der Waals surface area contributed by atoms with Crippen molar-refractivity contribution in [3.63, 3.8) is 0 Å². The van der Waals surface area contributed by atoms with Crippen molar-refractivity contribution in [3.8, 4) is 0 Å². The van der Waals surface area contributed by atoms with Crippen LogP contribution in [0.5, 0.6) is 0 Å². The van der Waals surface area contributed by atoms with Crippen LogP contribution in [0, 0.1) is 25.5 Å². The van der Waals surface area contributed by atoms with E-state index in [1.54, 1.807) is 19.2 Å². The average molecular weight is 249 g/mol. The third-order valence-electron chi connectivity index (χ3n) is 2.95. The van der Waals surface area contributed by atoms with Crippen molar-refractivity contribution in [2.45, 2.75) is 20.0 Å². The molecule has 0 spiro atoms. The van der Waals surface area contributed by atoms with Crippen LogP contribution in [0.15, 0.2) is 30.6 Å². The number of pyridine rings is 1. The van der Waals surface area contributed by atoms with Crippen LogP contribution in [0.2, 0.25) is 0 Å². The molecule has 1 atom stereocenters. The molecule has 0 aliphatic heterocycles. The second-order valence-electron chi connectivity index (χ2n) is 4.23. The Bertz CT molecular complexity index is 584. The van der Waals surface area contributed by atoms with Crippen LogP contribution in [0.4, 0.5) is 8.78 Å². The summed E-state index contributed by atoms with van der Waals surface area (Å²) in [7, 11) is 0. The van der Waals surface area contributed by atoms with Gasteiger partial charge in [0.1, 0.15) is 17.7 Å². The SMILES string of the molecule is Cc1cnccc1C(O)c1c(F)ccc(C)c1F. The normalized spacial score (nSPS) is 12.5. The van der Waals surface area contributed by atoms with Crippen LogP contribution < -0.4 is 0 Å². The molecule has 0 aliphatic carbocycles. The van der Waals surface area contributed by atoms with Gasteiger partial charge in [0.25, 0.3) is 0 Å². The number of rotatable bonds is 2. The lowest BCUT2D eigenvalue weighted by Crippen LogP contribution is -2.08. The van der Waals surface area contributed by atoms with Crippen LogP contribution in [0.3, 0.4) is 0 Å². The summed E-state index contributed by atoms with van der Waals surface area (Å²) in [6, 6.07) is 4.06. The van der Waals surface area contributed by atoms with E-state index in [-0.39, 0.29) is 5.56 Å².